The number of sulfonamides is 1. The molecule has 1 amide bonds. The van der Waals surface area contributed by atoms with Gasteiger partial charge in [-0.1, -0.05) is 35.5 Å². The van der Waals surface area contributed by atoms with Gasteiger partial charge in [-0.15, -0.1) is 16.4 Å². The van der Waals surface area contributed by atoms with Crippen molar-refractivity contribution in [2.75, 3.05) is 19.7 Å². The van der Waals surface area contributed by atoms with Crippen molar-refractivity contribution in [3.63, 3.8) is 0 Å². The third-order valence-electron chi connectivity index (χ3n) is 6.83. The number of carbonyl (C=O) groups is 2. The average molecular weight is 599 g/mol. The normalized spacial score (nSPS) is 15.1. The summed E-state index contributed by atoms with van der Waals surface area (Å²) in [5.41, 5.74) is 2.01. The van der Waals surface area contributed by atoms with Crippen molar-refractivity contribution in [3.8, 4) is 5.75 Å². The van der Waals surface area contributed by atoms with Crippen LogP contribution in [0.4, 0.5) is 0 Å². The SMILES string of the molecule is CCOC(=O)C1CCN(C(=O)C(Cc2ccccc2)n2cc(COc3ccc4nc(S(N)(=O)=O)sc4c3)nn2)CC1. The number of hydrogen-bond acceptors (Lipinski definition) is 10. The van der Waals surface area contributed by atoms with Gasteiger partial charge in [-0.2, -0.15) is 0 Å². The smallest absolute Gasteiger partial charge is 0.309 e. The number of nitrogens with zero attached hydrogens (tertiary/aromatic N) is 5. The molecule has 12 nitrogen and oxygen atoms in total. The molecule has 2 aromatic heterocycles. The third-order valence-corrected chi connectivity index (χ3v) is 9.17. The molecule has 2 N–H and O–H groups in total. The van der Waals surface area contributed by atoms with E-state index in [0.29, 0.717) is 60.6 Å². The fraction of sp³-hybridized carbons (Fsp3) is 0.370. The number of aromatic nitrogens is 4. The molecule has 2 aromatic carbocycles. The summed E-state index contributed by atoms with van der Waals surface area (Å²) < 4.78 is 36.3. The molecule has 0 spiro atoms. The van der Waals surface area contributed by atoms with E-state index in [2.05, 4.69) is 15.3 Å². The van der Waals surface area contributed by atoms with Crippen molar-refractivity contribution in [1.82, 2.24) is 24.9 Å². The first kappa shape index (κ1) is 28.6. The Morgan fingerprint density at radius 2 is 1.90 bits per heavy atom. The van der Waals surface area contributed by atoms with Crippen LogP contribution >= 0.6 is 11.3 Å². The number of fused-ring (bicyclic) bond motifs is 1. The minimum Gasteiger partial charge on any atom is -0.487 e. The van der Waals surface area contributed by atoms with Crippen LogP contribution in [-0.2, 0) is 37.4 Å². The minimum absolute atomic E-state index is 0.0868. The van der Waals surface area contributed by atoms with E-state index in [1.807, 2.05) is 30.3 Å². The molecule has 4 aromatic rings. The van der Waals surface area contributed by atoms with Gasteiger partial charge in [-0.25, -0.2) is 23.2 Å². The van der Waals surface area contributed by atoms with Gasteiger partial charge in [0, 0.05) is 19.5 Å². The zero-order valence-corrected chi connectivity index (χ0v) is 24.0. The summed E-state index contributed by atoms with van der Waals surface area (Å²) in [4.78, 5) is 31.7. The van der Waals surface area contributed by atoms with Gasteiger partial charge in [-0.3, -0.25) is 9.59 Å². The molecular weight excluding hydrogens is 568 g/mol. The molecule has 1 saturated heterocycles. The average Bonchev–Trinajstić information content (AvgIpc) is 3.62. The maximum atomic E-state index is 13.7. The van der Waals surface area contributed by atoms with Crippen molar-refractivity contribution in [2.45, 2.75) is 43.2 Å². The molecule has 1 unspecified atom stereocenters. The number of likely N-dealkylation sites (tertiary alicyclic amines) is 1. The van der Waals surface area contributed by atoms with Crippen LogP contribution in [0.2, 0.25) is 0 Å². The lowest BCUT2D eigenvalue weighted by molar-refractivity contribution is -0.151. The molecule has 1 aliphatic heterocycles. The summed E-state index contributed by atoms with van der Waals surface area (Å²) in [5.74, 6) is 0.00533. The van der Waals surface area contributed by atoms with Crippen LogP contribution < -0.4 is 9.88 Å². The maximum Gasteiger partial charge on any atom is 0.309 e. The molecule has 1 aliphatic rings. The number of hydrogen-bond donors (Lipinski definition) is 1. The van der Waals surface area contributed by atoms with E-state index in [0.717, 1.165) is 16.9 Å². The number of ether oxygens (including phenoxy) is 2. The molecule has 0 saturated carbocycles. The van der Waals surface area contributed by atoms with Crippen LogP contribution in [-0.4, -0.2) is 64.9 Å². The van der Waals surface area contributed by atoms with Crippen molar-refractivity contribution >= 4 is 43.5 Å². The molecular formula is C27H30N6O6S2. The molecule has 1 atom stereocenters. The molecule has 0 bridgehead atoms. The quantitative estimate of drug-likeness (QED) is 0.271. The van der Waals surface area contributed by atoms with Crippen LogP contribution in [0.3, 0.4) is 0 Å². The largest absolute Gasteiger partial charge is 0.487 e. The summed E-state index contributed by atoms with van der Waals surface area (Å²) in [5, 5.41) is 13.7. The van der Waals surface area contributed by atoms with Gasteiger partial charge in [0.05, 0.1) is 28.9 Å². The molecule has 1 fully saturated rings. The van der Waals surface area contributed by atoms with E-state index in [9.17, 15) is 18.0 Å². The molecule has 3 heterocycles. The Labute approximate surface area is 241 Å². The zero-order valence-electron chi connectivity index (χ0n) is 22.4. The van der Waals surface area contributed by atoms with Crippen LogP contribution in [0, 0.1) is 5.92 Å². The number of esters is 1. The maximum absolute atomic E-state index is 13.7. The third kappa shape index (κ3) is 6.89. The number of amides is 1. The Morgan fingerprint density at radius 3 is 2.61 bits per heavy atom. The van der Waals surface area contributed by atoms with E-state index in [-0.39, 0.29) is 28.7 Å². The second-order valence-electron chi connectivity index (χ2n) is 9.69. The lowest BCUT2D eigenvalue weighted by Gasteiger charge is -2.33. The van der Waals surface area contributed by atoms with Gasteiger partial charge in [0.25, 0.3) is 10.0 Å². The van der Waals surface area contributed by atoms with Crippen LogP contribution in [0.15, 0.2) is 59.1 Å². The summed E-state index contributed by atoms with van der Waals surface area (Å²) in [6.45, 7) is 3.14. The van der Waals surface area contributed by atoms with E-state index in [1.165, 1.54) is 0 Å². The first-order chi connectivity index (χ1) is 19.7. The lowest BCUT2D eigenvalue weighted by Crippen LogP contribution is -2.44. The molecule has 5 rings (SSSR count). The number of thiazole rings is 1. The van der Waals surface area contributed by atoms with E-state index < -0.39 is 16.1 Å². The van der Waals surface area contributed by atoms with E-state index >= 15 is 0 Å². The Balaban J connectivity index is 1.29. The highest BCUT2D eigenvalue weighted by Crippen LogP contribution is 2.29. The molecule has 0 radical (unpaired) electrons. The summed E-state index contributed by atoms with van der Waals surface area (Å²) >= 11 is 0.966. The molecule has 41 heavy (non-hydrogen) atoms. The highest BCUT2D eigenvalue weighted by Gasteiger charge is 2.33. The summed E-state index contributed by atoms with van der Waals surface area (Å²) in [7, 11) is -3.89. The number of nitrogens with two attached hydrogens (primary N) is 1. The fourth-order valence-corrected chi connectivity index (χ4v) is 6.41. The molecule has 0 aliphatic carbocycles. The standard InChI is InChI=1S/C27H30N6O6S2/c1-2-38-26(35)19-10-12-32(13-11-19)25(34)23(14-18-6-4-3-5-7-18)33-16-20(30-31-33)17-39-21-8-9-22-24(15-21)40-27(29-22)41(28,36)37/h3-9,15-16,19,23H,2,10-14,17H2,1H3,(H2,28,36,37). The van der Waals surface area contributed by atoms with Gasteiger partial charge in [0.1, 0.15) is 24.1 Å². The van der Waals surface area contributed by atoms with Gasteiger partial charge < -0.3 is 14.4 Å². The summed E-state index contributed by atoms with van der Waals surface area (Å²) in [6.07, 6.45) is 3.24. The second kappa shape index (κ2) is 12.3. The van der Waals surface area contributed by atoms with Crippen LogP contribution in [0.1, 0.15) is 37.1 Å². The van der Waals surface area contributed by atoms with Gasteiger partial charge in [0.15, 0.2) is 0 Å². The number of primary sulfonamides is 1. The predicted octanol–water partition coefficient (Wildman–Crippen LogP) is 2.70. The van der Waals surface area contributed by atoms with Gasteiger partial charge in [-0.05, 0) is 43.5 Å². The van der Waals surface area contributed by atoms with Crippen molar-refractivity contribution in [3.05, 3.63) is 66.0 Å². The van der Waals surface area contributed by atoms with E-state index in [4.69, 9.17) is 14.6 Å². The van der Waals surface area contributed by atoms with E-state index in [1.54, 1.807) is 40.9 Å². The first-order valence-electron chi connectivity index (χ1n) is 13.2. The highest BCUT2D eigenvalue weighted by atomic mass is 32.2. The van der Waals surface area contributed by atoms with Crippen molar-refractivity contribution in [2.24, 2.45) is 11.1 Å². The zero-order chi connectivity index (χ0) is 29.0. The van der Waals surface area contributed by atoms with Gasteiger partial charge in [0.2, 0.25) is 10.2 Å². The molecule has 216 valence electrons. The Hall–Kier alpha value is -3.88. The number of rotatable bonds is 10. The first-order valence-corrected chi connectivity index (χ1v) is 15.5. The summed E-state index contributed by atoms with van der Waals surface area (Å²) in [6, 6.07) is 14.1. The van der Waals surface area contributed by atoms with Crippen LogP contribution in [0.5, 0.6) is 5.75 Å². The van der Waals surface area contributed by atoms with Crippen molar-refractivity contribution in [1.29, 1.82) is 0 Å². The predicted molar refractivity (Wildman–Crippen MR) is 150 cm³/mol. The Bertz CT molecular complexity index is 1630. The number of carbonyl (C=O) groups excluding carboxylic acids is 2. The van der Waals surface area contributed by atoms with Gasteiger partial charge >= 0.3 is 5.97 Å². The molecule has 14 heteroatoms. The van der Waals surface area contributed by atoms with Crippen LogP contribution in [0.25, 0.3) is 10.2 Å². The Kier molecular flexibility index (Phi) is 8.61. The fourth-order valence-electron chi connectivity index (χ4n) is 4.72. The lowest BCUT2D eigenvalue weighted by atomic mass is 9.96. The van der Waals surface area contributed by atoms with Crippen molar-refractivity contribution < 1.29 is 27.5 Å². The highest BCUT2D eigenvalue weighted by molar-refractivity contribution is 7.91. The number of benzene rings is 2. The monoisotopic (exact) mass is 598 g/mol. The minimum atomic E-state index is -3.89. The topological polar surface area (TPSA) is 160 Å². The second-order valence-corrected chi connectivity index (χ2v) is 12.5. The Morgan fingerprint density at radius 1 is 1.15 bits per heavy atom. The number of piperidine rings is 1.